The molecule has 2 aromatic heterocycles. The first-order valence-electron chi connectivity index (χ1n) is 9.73. The van der Waals surface area contributed by atoms with Crippen molar-refractivity contribution in [3.8, 4) is 0 Å². The van der Waals surface area contributed by atoms with E-state index in [2.05, 4.69) is 0 Å². The van der Waals surface area contributed by atoms with Gasteiger partial charge < -0.3 is 0 Å². The normalized spacial score (nSPS) is 15.4. The molecule has 5 rings (SSSR count). The van der Waals surface area contributed by atoms with Crippen molar-refractivity contribution in [3.63, 3.8) is 0 Å². The van der Waals surface area contributed by atoms with Gasteiger partial charge in [0.1, 0.15) is 4.83 Å². The highest BCUT2D eigenvalue weighted by atomic mass is 32.2. The lowest BCUT2D eigenvalue weighted by atomic mass is 10.1. The molecule has 0 bridgehead atoms. The number of thioether (sulfide) groups is 1. The molecule has 0 N–H and O–H groups in total. The highest BCUT2D eigenvalue weighted by molar-refractivity contribution is 7.99. The first-order valence-corrected chi connectivity index (χ1v) is 11.5. The number of carbonyl (C=O) groups is 2. The predicted molar refractivity (Wildman–Crippen MR) is 114 cm³/mol. The number of carbonyl (C=O) groups excluding carboxylic acids is 2. The Morgan fingerprint density at radius 2 is 1.83 bits per heavy atom. The van der Waals surface area contributed by atoms with Crippen LogP contribution in [0.4, 0.5) is 0 Å². The van der Waals surface area contributed by atoms with Crippen molar-refractivity contribution in [1.82, 2.24) is 14.5 Å². The number of imide groups is 1. The van der Waals surface area contributed by atoms with E-state index in [4.69, 9.17) is 4.98 Å². The van der Waals surface area contributed by atoms with Crippen molar-refractivity contribution < 1.29 is 9.59 Å². The monoisotopic (exact) mass is 425 g/mol. The maximum Gasteiger partial charge on any atom is 0.263 e. The van der Waals surface area contributed by atoms with E-state index in [0.717, 1.165) is 35.9 Å². The second-order valence-corrected chi connectivity index (χ2v) is 9.24. The number of rotatable bonds is 5. The Hall–Kier alpha value is -2.45. The largest absolute Gasteiger partial charge is 0.287 e. The fourth-order valence-electron chi connectivity index (χ4n) is 4.07. The van der Waals surface area contributed by atoms with E-state index >= 15 is 0 Å². The number of thiophene rings is 1. The van der Waals surface area contributed by atoms with Gasteiger partial charge in [0.15, 0.2) is 5.16 Å². The van der Waals surface area contributed by atoms with Crippen LogP contribution in [0.2, 0.25) is 0 Å². The summed E-state index contributed by atoms with van der Waals surface area (Å²) in [6.45, 7) is 2.59. The summed E-state index contributed by atoms with van der Waals surface area (Å²) < 4.78 is 1.70. The number of nitrogens with zero attached hydrogens (tertiary/aromatic N) is 3. The summed E-state index contributed by atoms with van der Waals surface area (Å²) in [6, 6.07) is 6.85. The Kier molecular flexibility index (Phi) is 4.55. The summed E-state index contributed by atoms with van der Waals surface area (Å²) in [5.74, 6) is -0.448. The van der Waals surface area contributed by atoms with Gasteiger partial charge in [-0.1, -0.05) is 30.8 Å². The lowest BCUT2D eigenvalue weighted by Gasteiger charge is -2.15. The van der Waals surface area contributed by atoms with Gasteiger partial charge in [-0.15, -0.1) is 11.3 Å². The van der Waals surface area contributed by atoms with Gasteiger partial charge in [0.05, 0.1) is 22.4 Å². The summed E-state index contributed by atoms with van der Waals surface area (Å²) in [4.78, 5) is 46.5. The predicted octanol–water partition coefficient (Wildman–Crippen LogP) is 3.70. The van der Waals surface area contributed by atoms with Gasteiger partial charge in [0, 0.05) is 11.4 Å². The van der Waals surface area contributed by atoms with Crippen LogP contribution in [0, 0.1) is 0 Å². The van der Waals surface area contributed by atoms with Crippen molar-refractivity contribution >= 4 is 45.1 Å². The molecule has 2 amide bonds. The molecule has 6 nitrogen and oxygen atoms in total. The Morgan fingerprint density at radius 1 is 1.10 bits per heavy atom. The SMILES string of the molecule is CCCn1c(SCN2C(=O)c3ccccc3C2=O)nc2sc3c(c2c1=O)CCC3. The Labute approximate surface area is 175 Å². The van der Waals surface area contributed by atoms with Gasteiger partial charge >= 0.3 is 0 Å². The minimum atomic E-state index is -0.293. The van der Waals surface area contributed by atoms with Gasteiger partial charge in [-0.2, -0.15) is 0 Å². The number of aromatic nitrogens is 2. The average molecular weight is 426 g/mol. The van der Waals surface area contributed by atoms with Crippen molar-refractivity contribution in [2.75, 3.05) is 5.88 Å². The maximum absolute atomic E-state index is 13.2. The van der Waals surface area contributed by atoms with Gasteiger partial charge in [0.25, 0.3) is 17.4 Å². The zero-order chi connectivity index (χ0) is 20.1. The van der Waals surface area contributed by atoms with E-state index < -0.39 is 0 Å². The van der Waals surface area contributed by atoms with Crippen LogP contribution in [0.5, 0.6) is 0 Å². The first-order chi connectivity index (χ1) is 14.1. The topological polar surface area (TPSA) is 72.3 Å². The first kappa shape index (κ1) is 18.6. The van der Waals surface area contributed by atoms with Gasteiger partial charge in [-0.05, 0) is 43.4 Å². The molecule has 3 aromatic rings. The zero-order valence-electron chi connectivity index (χ0n) is 15.9. The number of amides is 2. The second kappa shape index (κ2) is 7.11. The van der Waals surface area contributed by atoms with Crippen LogP contribution < -0.4 is 5.56 Å². The van der Waals surface area contributed by atoms with Crippen LogP contribution in [-0.4, -0.2) is 32.1 Å². The van der Waals surface area contributed by atoms with Gasteiger partial charge in [-0.25, -0.2) is 4.98 Å². The van der Waals surface area contributed by atoms with E-state index in [0.29, 0.717) is 22.8 Å². The minimum Gasteiger partial charge on any atom is -0.287 e. The molecule has 0 radical (unpaired) electrons. The number of hydrogen-bond acceptors (Lipinski definition) is 6. The number of aryl methyl sites for hydroxylation is 2. The number of benzene rings is 1. The van der Waals surface area contributed by atoms with E-state index in [1.54, 1.807) is 40.2 Å². The molecular weight excluding hydrogens is 406 g/mol. The molecule has 1 aliphatic carbocycles. The van der Waals surface area contributed by atoms with E-state index in [-0.39, 0.29) is 23.3 Å². The number of fused-ring (bicyclic) bond motifs is 4. The molecule has 3 heterocycles. The third-order valence-electron chi connectivity index (χ3n) is 5.44. The summed E-state index contributed by atoms with van der Waals surface area (Å²) in [6.07, 6.45) is 3.86. The molecule has 0 saturated carbocycles. The van der Waals surface area contributed by atoms with Crippen molar-refractivity contribution in [1.29, 1.82) is 0 Å². The zero-order valence-corrected chi connectivity index (χ0v) is 17.6. The van der Waals surface area contributed by atoms with Gasteiger partial charge in [-0.3, -0.25) is 23.9 Å². The van der Waals surface area contributed by atoms with Crippen LogP contribution in [-0.2, 0) is 19.4 Å². The maximum atomic E-state index is 13.2. The van der Waals surface area contributed by atoms with Crippen molar-refractivity contribution in [2.45, 2.75) is 44.3 Å². The highest BCUT2D eigenvalue weighted by Gasteiger charge is 2.35. The van der Waals surface area contributed by atoms with Crippen LogP contribution in [0.15, 0.2) is 34.2 Å². The molecule has 2 aliphatic rings. The molecule has 0 unspecified atom stereocenters. The molecule has 0 fully saturated rings. The Bertz CT molecular complexity index is 1190. The summed E-state index contributed by atoms with van der Waals surface area (Å²) >= 11 is 2.88. The van der Waals surface area contributed by atoms with Gasteiger partial charge in [0.2, 0.25) is 0 Å². The molecule has 1 aromatic carbocycles. The smallest absolute Gasteiger partial charge is 0.263 e. The molecular formula is C21H19N3O3S2. The molecule has 0 spiro atoms. The van der Waals surface area contributed by atoms with E-state index in [1.807, 2.05) is 6.92 Å². The van der Waals surface area contributed by atoms with Crippen molar-refractivity contribution in [3.05, 3.63) is 56.2 Å². The van der Waals surface area contributed by atoms with Crippen LogP contribution in [0.3, 0.4) is 0 Å². The molecule has 148 valence electrons. The third kappa shape index (κ3) is 2.85. The third-order valence-corrected chi connectivity index (χ3v) is 7.58. The number of hydrogen-bond donors (Lipinski definition) is 0. The molecule has 8 heteroatoms. The summed E-state index contributed by atoms with van der Waals surface area (Å²) in [7, 11) is 0. The molecule has 29 heavy (non-hydrogen) atoms. The lowest BCUT2D eigenvalue weighted by molar-refractivity contribution is 0.0684. The van der Waals surface area contributed by atoms with Crippen molar-refractivity contribution in [2.24, 2.45) is 0 Å². The summed E-state index contributed by atoms with van der Waals surface area (Å²) in [5, 5.41) is 1.34. The second-order valence-electron chi connectivity index (χ2n) is 7.25. The molecule has 0 atom stereocenters. The van der Waals surface area contributed by atoms with E-state index in [1.165, 1.54) is 27.1 Å². The Balaban J connectivity index is 1.49. The molecule has 0 saturated heterocycles. The average Bonchev–Trinajstić information content (AvgIpc) is 3.37. The standard InChI is InChI=1S/C21H19N3O3S2/c1-2-10-23-20(27)16-14-8-5-9-15(14)29-17(16)22-21(23)28-11-24-18(25)12-6-3-4-7-13(12)19(24)26/h3-4,6-7H,2,5,8-11H2,1H3. The fourth-order valence-corrected chi connectivity index (χ4v) is 6.34. The molecule has 1 aliphatic heterocycles. The lowest BCUT2D eigenvalue weighted by Crippen LogP contribution is -2.30. The van der Waals surface area contributed by atoms with Crippen LogP contribution >= 0.6 is 23.1 Å². The summed E-state index contributed by atoms with van der Waals surface area (Å²) in [5.41, 5.74) is 2.04. The van der Waals surface area contributed by atoms with Crippen LogP contribution in [0.1, 0.15) is 50.9 Å². The quantitative estimate of drug-likeness (QED) is 0.354. The van der Waals surface area contributed by atoms with E-state index in [9.17, 15) is 14.4 Å². The highest BCUT2D eigenvalue weighted by Crippen LogP contribution is 2.36. The minimum absolute atomic E-state index is 0.00103. The fraction of sp³-hybridized carbons (Fsp3) is 0.333. The van der Waals surface area contributed by atoms with Crippen LogP contribution in [0.25, 0.3) is 10.2 Å². The Morgan fingerprint density at radius 3 is 2.52 bits per heavy atom.